The van der Waals surface area contributed by atoms with Gasteiger partial charge in [0.25, 0.3) is 10.2 Å². The number of rotatable bonds is 4. The molecule has 0 saturated heterocycles. The van der Waals surface area contributed by atoms with Gasteiger partial charge < -0.3 is 10.5 Å². The molecule has 5 N–H and O–H groups in total. The van der Waals surface area contributed by atoms with Crippen LogP contribution in [0.15, 0.2) is 24.3 Å². The first-order valence-electron chi connectivity index (χ1n) is 6.56. The number of hydrogen-bond acceptors (Lipinski definition) is 4. The maximum atomic E-state index is 11.5. The molecule has 21 heavy (non-hydrogen) atoms. The number of methoxy groups -OCH3 is 1. The minimum absolute atomic E-state index is 0. The topological polar surface area (TPSA) is 107 Å². The van der Waals surface area contributed by atoms with Crippen LogP contribution in [0.4, 0.5) is 0 Å². The van der Waals surface area contributed by atoms with Gasteiger partial charge in [0.05, 0.1) is 12.6 Å². The van der Waals surface area contributed by atoms with E-state index in [0.717, 1.165) is 18.4 Å². The predicted octanol–water partition coefficient (Wildman–Crippen LogP) is 1.01. The first-order chi connectivity index (χ1) is 9.35. The maximum absolute atomic E-state index is 11.5. The van der Waals surface area contributed by atoms with Crippen molar-refractivity contribution < 1.29 is 13.2 Å². The molecule has 1 aliphatic rings. The van der Waals surface area contributed by atoms with Gasteiger partial charge in [-0.3, -0.25) is 0 Å². The van der Waals surface area contributed by atoms with Crippen molar-refractivity contribution in [3.63, 3.8) is 0 Å². The molecular formula is C13H22ClN3O3S. The Kier molecular flexibility index (Phi) is 6.01. The van der Waals surface area contributed by atoms with Crippen LogP contribution in [-0.4, -0.2) is 21.6 Å². The molecule has 0 aromatic heterocycles. The molecule has 0 heterocycles. The van der Waals surface area contributed by atoms with E-state index in [1.807, 2.05) is 24.3 Å². The molecule has 6 nitrogen and oxygen atoms in total. The Balaban J connectivity index is 0.00000220. The summed E-state index contributed by atoms with van der Waals surface area (Å²) in [6.45, 7) is 0. The molecule has 1 aromatic rings. The number of halogens is 1. The SMILES string of the molecule is COc1cccc(C2(NS(N)(=O)=O)CCC(N)CC2)c1.Cl. The standard InChI is InChI=1S/C13H21N3O3S.ClH/c1-19-12-4-2-3-10(9-12)13(16-20(15,17)18)7-5-11(14)6-8-13;/h2-4,9,11,16H,5-8,14H2,1H3,(H2,15,17,18);1H. The Morgan fingerprint density at radius 3 is 2.48 bits per heavy atom. The van der Waals surface area contributed by atoms with Crippen LogP contribution in [-0.2, 0) is 15.7 Å². The molecule has 8 heteroatoms. The van der Waals surface area contributed by atoms with Crippen LogP contribution >= 0.6 is 12.4 Å². The van der Waals surface area contributed by atoms with Crippen LogP contribution in [0.2, 0.25) is 0 Å². The lowest BCUT2D eigenvalue weighted by molar-refractivity contribution is 0.252. The van der Waals surface area contributed by atoms with Gasteiger partial charge in [-0.05, 0) is 43.4 Å². The van der Waals surface area contributed by atoms with E-state index in [-0.39, 0.29) is 18.4 Å². The molecule has 120 valence electrons. The first kappa shape index (κ1) is 18.2. The summed E-state index contributed by atoms with van der Waals surface area (Å²) in [6, 6.07) is 7.50. The minimum Gasteiger partial charge on any atom is -0.497 e. The van der Waals surface area contributed by atoms with Crippen molar-refractivity contribution in [1.82, 2.24) is 4.72 Å². The Hall–Kier alpha value is -0.860. The summed E-state index contributed by atoms with van der Waals surface area (Å²) in [4.78, 5) is 0. The zero-order valence-electron chi connectivity index (χ0n) is 11.9. The van der Waals surface area contributed by atoms with Crippen LogP contribution in [0.3, 0.4) is 0 Å². The van der Waals surface area contributed by atoms with Crippen molar-refractivity contribution in [2.45, 2.75) is 37.3 Å². The molecule has 0 spiro atoms. The summed E-state index contributed by atoms with van der Waals surface area (Å²) < 4.78 is 30.8. The van der Waals surface area contributed by atoms with Crippen molar-refractivity contribution in [1.29, 1.82) is 0 Å². The zero-order chi connectivity index (χ0) is 14.8. The molecular weight excluding hydrogens is 314 g/mol. The minimum atomic E-state index is -3.80. The fourth-order valence-electron chi connectivity index (χ4n) is 2.78. The summed E-state index contributed by atoms with van der Waals surface area (Å²) in [6.07, 6.45) is 2.75. The van der Waals surface area contributed by atoms with E-state index in [2.05, 4.69) is 4.72 Å². The molecule has 2 rings (SSSR count). The van der Waals surface area contributed by atoms with E-state index in [4.69, 9.17) is 15.6 Å². The van der Waals surface area contributed by atoms with E-state index in [1.54, 1.807) is 7.11 Å². The number of nitrogens with two attached hydrogens (primary N) is 2. The molecule has 1 saturated carbocycles. The van der Waals surface area contributed by atoms with Crippen LogP contribution in [0.5, 0.6) is 5.75 Å². The molecule has 0 aliphatic heterocycles. The first-order valence-corrected chi connectivity index (χ1v) is 8.11. The van der Waals surface area contributed by atoms with Crippen molar-refractivity contribution >= 4 is 22.6 Å². The van der Waals surface area contributed by atoms with Crippen molar-refractivity contribution in [3.05, 3.63) is 29.8 Å². The maximum Gasteiger partial charge on any atom is 0.275 e. The largest absolute Gasteiger partial charge is 0.497 e. The second-order valence-electron chi connectivity index (χ2n) is 5.30. The van der Waals surface area contributed by atoms with Crippen molar-refractivity contribution in [2.24, 2.45) is 10.9 Å². The van der Waals surface area contributed by atoms with Gasteiger partial charge in [-0.15, -0.1) is 12.4 Å². The number of benzene rings is 1. The van der Waals surface area contributed by atoms with E-state index in [9.17, 15) is 8.42 Å². The summed E-state index contributed by atoms with van der Waals surface area (Å²) in [5.74, 6) is 0.688. The second kappa shape index (κ2) is 6.93. The molecule has 0 radical (unpaired) electrons. The molecule has 0 bridgehead atoms. The van der Waals surface area contributed by atoms with Crippen LogP contribution < -0.4 is 20.3 Å². The van der Waals surface area contributed by atoms with Gasteiger partial charge in [-0.2, -0.15) is 13.1 Å². The number of ether oxygens (including phenoxy) is 1. The third-order valence-corrected chi connectivity index (χ3v) is 4.52. The average Bonchev–Trinajstić information content (AvgIpc) is 2.40. The Morgan fingerprint density at radius 2 is 1.95 bits per heavy atom. The fourth-order valence-corrected chi connectivity index (χ4v) is 3.64. The van der Waals surface area contributed by atoms with Crippen LogP contribution in [0.1, 0.15) is 31.2 Å². The highest BCUT2D eigenvalue weighted by atomic mass is 35.5. The highest BCUT2D eigenvalue weighted by molar-refractivity contribution is 7.87. The zero-order valence-corrected chi connectivity index (χ0v) is 13.5. The fraction of sp³-hybridized carbons (Fsp3) is 0.538. The molecule has 1 aliphatic carbocycles. The van der Waals surface area contributed by atoms with Crippen molar-refractivity contribution in [2.75, 3.05) is 7.11 Å². The quantitative estimate of drug-likeness (QED) is 0.763. The van der Waals surface area contributed by atoms with Gasteiger partial charge >= 0.3 is 0 Å². The molecule has 0 atom stereocenters. The van der Waals surface area contributed by atoms with Crippen LogP contribution in [0.25, 0.3) is 0 Å². The number of hydrogen-bond donors (Lipinski definition) is 3. The summed E-state index contributed by atoms with van der Waals surface area (Å²) in [5.41, 5.74) is 6.08. The highest BCUT2D eigenvalue weighted by Crippen LogP contribution is 2.38. The van der Waals surface area contributed by atoms with E-state index < -0.39 is 15.7 Å². The lowest BCUT2D eigenvalue weighted by atomic mass is 9.76. The van der Waals surface area contributed by atoms with Gasteiger partial charge in [0.2, 0.25) is 0 Å². The summed E-state index contributed by atoms with van der Waals surface area (Å²) in [5, 5.41) is 5.19. The molecule has 1 fully saturated rings. The monoisotopic (exact) mass is 335 g/mol. The van der Waals surface area contributed by atoms with Gasteiger partial charge in [0.15, 0.2) is 0 Å². The normalized spacial score (nSPS) is 26.0. The Morgan fingerprint density at radius 1 is 1.33 bits per heavy atom. The predicted molar refractivity (Wildman–Crippen MR) is 84.6 cm³/mol. The van der Waals surface area contributed by atoms with Gasteiger partial charge in [-0.1, -0.05) is 12.1 Å². The molecule has 0 unspecified atom stereocenters. The van der Waals surface area contributed by atoms with E-state index >= 15 is 0 Å². The average molecular weight is 336 g/mol. The van der Waals surface area contributed by atoms with E-state index in [0.29, 0.717) is 18.6 Å². The number of nitrogens with one attached hydrogen (secondary N) is 1. The second-order valence-corrected chi connectivity index (χ2v) is 6.59. The molecule has 1 aromatic carbocycles. The third kappa shape index (κ3) is 4.55. The molecule has 0 amide bonds. The van der Waals surface area contributed by atoms with Gasteiger partial charge in [-0.25, -0.2) is 5.14 Å². The smallest absolute Gasteiger partial charge is 0.275 e. The lowest BCUT2D eigenvalue weighted by Crippen LogP contribution is -2.51. The highest BCUT2D eigenvalue weighted by Gasteiger charge is 2.38. The van der Waals surface area contributed by atoms with Crippen molar-refractivity contribution in [3.8, 4) is 5.75 Å². The van der Waals surface area contributed by atoms with Gasteiger partial charge in [0, 0.05) is 6.04 Å². The van der Waals surface area contributed by atoms with Crippen LogP contribution in [0, 0.1) is 0 Å². The van der Waals surface area contributed by atoms with Gasteiger partial charge in [0.1, 0.15) is 5.75 Å². The summed E-state index contributed by atoms with van der Waals surface area (Å²) in [7, 11) is -2.22. The third-order valence-electron chi connectivity index (χ3n) is 3.84. The van der Waals surface area contributed by atoms with E-state index in [1.165, 1.54) is 0 Å². The Bertz CT molecular complexity index is 572. The lowest BCUT2D eigenvalue weighted by Gasteiger charge is -2.39. The Labute approximate surface area is 131 Å². The summed E-state index contributed by atoms with van der Waals surface area (Å²) >= 11 is 0.